The van der Waals surface area contributed by atoms with Crippen LogP contribution in [0.5, 0.6) is 0 Å². The van der Waals surface area contributed by atoms with E-state index in [4.69, 9.17) is 0 Å². The lowest BCUT2D eigenvalue weighted by Crippen LogP contribution is -1.88. The van der Waals surface area contributed by atoms with Crippen molar-refractivity contribution >= 4 is 11.0 Å². The molecule has 0 aliphatic carbocycles. The SMILES string of the molecule is CCc1ccc(CC)c2[nH]cnc12. The Hall–Kier alpha value is -1.31. The van der Waals surface area contributed by atoms with Crippen LogP contribution in [-0.2, 0) is 12.8 Å². The molecule has 0 saturated carbocycles. The van der Waals surface area contributed by atoms with Gasteiger partial charge in [0.05, 0.1) is 17.4 Å². The van der Waals surface area contributed by atoms with Gasteiger partial charge in [0, 0.05) is 0 Å². The minimum Gasteiger partial charge on any atom is -0.344 e. The third kappa shape index (κ3) is 1.22. The molecule has 68 valence electrons. The predicted octanol–water partition coefficient (Wildman–Crippen LogP) is 2.69. The summed E-state index contributed by atoms with van der Waals surface area (Å²) >= 11 is 0. The molecule has 1 aromatic heterocycles. The molecule has 0 saturated heterocycles. The average molecular weight is 174 g/mol. The van der Waals surface area contributed by atoms with Gasteiger partial charge in [-0.15, -0.1) is 0 Å². The summed E-state index contributed by atoms with van der Waals surface area (Å²) < 4.78 is 0. The van der Waals surface area contributed by atoms with Gasteiger partial charge in [-0.25, -0.2) is 4.98 Å². The van der Waals surface area contributed by atoms with Crippen molar-refractivity contribution in [3.63, 3.8) is 0 Å². The number of hydrogen-bond acceptors (Lipinski definition) is 1. The fraction of sp³-hybridized carbons (Fsp3) is 0.364. The molecule has 13 heavy (non-hydrogen) atoms. The molecule has 2 rings (SSSR count). The molecule has 2 nitrogen and oxygen atoms in total. The summed E-state index contributed by atoms with van der Waals surface area (Å²) in [5.41, 5.74) is 5.03. The van der Waals surface area contributed by atoms with E-state index < -0.39 is 0 Å². The fourth-order valence-corrected chi connectivity index (χ4v) is 1.73. The van der Waals surface area contributed by atoms with Gasteiger partial charge in [0.2, 0.25) is 0 Å². The van der Waals surface area contributed by atoms with Crippen molar-refractivity contribution in [2.24, 2.45) is 0 Å². The summed E-state index contributed by atoms with van der Waals surface area (Å²) in [7, 11) is 0. The smallest absolute Gasteiger partial charge is 0.0932 e. The van der Waals surface area contributed by atoms with Crippen LogP contribution in [0.1, 0.15) is 25.0 Å². The topological polar surface area (TPSA) is 28.7 Å². The van der Waals surface area contributed by atoms with Crippen molar-refractivity contribution in [2.75, 3.05) is 0 Å². The van der Waals surface area contributed by atoms with Crippen LogP contribution in [0.15, 0.2) is 18.5 Å². The lowest BCUT2D eigenvalue weighted by Gasteiger charge is -2.02. The molecule has 0 aliphatic heterocycles. The van der Waals surface area contributed by atoms with Crippen molar-refractivity contribution in [1.82, 2.24) is 9.97 Å². The van der Waals surface area contributed by atoms with Crippen LogP contribution in [0.4, 0.5) is 0 Å². The van der Waals surface area contributed by atoms with Crippen molar-refractivity contribution in [3.05, 3.63) is 29.6 Å². The number of rotatable bonds is 2. The minimum atomic E-state index is 1.05. The molecule has 1 heterocycles. The summed E-state index contributed by atoms with van der Waals surface area (Å²) in [6, 6.07) is 4.38. The third-order valence-corrected chi connectivity index (χ3v) is 2.51. The lowest BCUT2D eigenvalue weighted by molar-refractivity contribution is 1.12. The summed E-state index contributed by atoms with van der Waals surface area (Å²) in [4.78, 5) is 7.55. The van der Waals surface area contributed by atoms with Gasteiger partial charge >= 0.3 is 0 Å². The van der Waals surface area contributed by atoms with Crippen molar-refractivity contribution in [2.45, 2.75) is 26.7 Å². The number of nitrogens with one attached hydrogen (secondary N) is 1. The Labute approximate surface area is 78.0 Å². The Morgan fingerprint density at radius 3 is 2.54 bits per heavy atom. The number of hydrogen-bond donors (Lipinski definition) is 1. The number of aromatic amines is 1. The van der Waals surface area contributed by atoms with E-state index in [9.17, 15) is 0 Å². The molecule has 1 N–H and O–H groups in total. The van der Waals surface area contributed by atoms with Crippen LogP contribution in [0.3, 0.4) is 0 Å². The Morgan fingerprint density at radius 2 is 1.85 bits per heavy atom. The molecule has 0 radical (unpaired) electrons. The van der Waals surface area contributed by atoms with E-state index in [2.05, 4.69) is 35.9 Å². The first kappa shape index (κ1) is 8.30. The van der Waals surface area contributed by atoms with E-state index >= 15 is 0 Å². The second kappa shape index (κ2) is 3.21. The summed E-state index contributed by atoms with van der Waals surface area (Å²) in [5.74, 6) is 0. The van der Waals surface area contributed by atoms with Crippen LogP contribution in [0, 0.1) is 0 Å². The summed E-state index contributed by atoms with van der Waals surface area (Å²) in [6.45, 7) is 4.33. The number of aromatic nitrogens is 2. The molecule has 0 bridgehead atoms. The number of benzene rings is 1. The van der Waals surface area contributed by atoms with Crippen molar-refractivity contribution in [1.29, 1.82) is 0 Å². The molecule has 0 aliphatic rings. The van der Waals surface area contributed by atoms with Gasteiger partial charge in [-0.1, -0.05) is 26.0 Å². The highest BCUT2D eigenvalue weighted by Gasteiger charge is 2.05. The van der Waals surface area contributed by atoms with Gasteiger partial charge in [0.15, 0.2) is 0 Å². The Balaban J connectivity index is 2.74. The number of fused-ring (bicyclic) bond motifs is 1. The maximum atomic E-state index is 4.34. The second-order valence-corrected chi connectivity index (χ2v) is 3.22. The third-order valence-electron chi connectivity index (χ3n) is 2.51. The van der Waals surface area contributed by atoms with Gasteiger partial charge in [-0.2, -0.15) is 0 Å². The van der Waals surface area contributed by atoms with E-state index in [-0.39, 0.29) is 0 Å². The highest BCUT2D eigenvalue weighted by molar-refractivity contribution is 5.81. The van der Waals surface area contributed by atoms with Gasteiger partial charge < -0.3 is 4.98 Å². The van der Waals surface area contributed by atoms with Crippen LogP contribution in [-0.4, -0.2) is 9.97 Å². The van der Waals surface area contributed by atoms with Gasteiger partial charge in [0.25, 0.3) is 0 Å². The monoisotopic (exact) mass is 174 g/mol. The molecule has 2 aromatic rings. The molecule has 0 atom stereocenters. The first-order valence-corrected chi connectivity index (χ1v) is 4.80. The second-order valence-electron chi connectivity index (χ2n) is 3.22. The predicted molar refractivity (Wildman–Crippen MR) is 54.8 cm³/mol. The van der Waals surface area contributed by atoms with Crippen LogP contribution < -0.4 is 0 Å². The largest absolute Gasteiger partial charge is 0.344 e. The molecular formula is C11H14N2. The van der Waals surface area contributed by atoms with Crippen LogP contribution in [0.25, 0.3) is 11.0 Å². The Morgan fingerprint density at radius 1 is 1.15 bits per heavy atom. The molecule has 0 spiro atoms. The average Bonchev–Trinajstić information content (AvgIpc) is 2.64. The number of nitrogens with zero attached hydrogens (tertiary/aromatic N) is 1. The maximum Gasteiger partial charge on any atom is 0.0932 e. The van der Waals surface area contributed by atoms with Crippen molar-refractivity contribution < 1.29 is 0 Å². The standard InChI is InChI=1S/C11H14N2/c1-3-8-5-6-9(4-2)11-10(8)12-7-13-11/h5-7H,3-4H2,1-2H3,(H,12,13). The Bertz CT molecular complexity index is 377. The zero-order chi connectivity index (χ0) is 9.26. The van der Waals surface area contributed by atoms with Crippen LogP contribution >= 0.6 is 0 Å². The molecule has 0 amide bonds. The summed E-state index contributed by atoms with van der Waals surface area (Å²) in [5, 5.41) is 0. The lowest BCUT2D eigenvalue weighted by atomic mass is 10.1. The zero-order valence-electron chi connectivity index (χ0n) is 8.09. The van der Waals surface area contributed by atoms with Crippen LogP contribution in [0.2, 0.25) is 0 Å². The number of H-pyrrole nitrogens is 1. The molecule has 0 unspecified atom stereocenters. The van der Waals surface area contributed by atoms with Gasteiger partial charge in [0.1, 0.15) is 0 Å². The van der Waals surface area contributed by atoms with E-state index in [1.807, 2.05) is 0 Å². The number of imidazole rings is 1. The normalized spacial score (nSPS) is 10.9. The van der Waals surface area contributed by atoms with E-state index in [1.165, 1.54) is 16.6 Å². The molecule has 1 aromatic carbocycles. The van der Waals surface area contributed by atoms with E-state index in [0.717, 1.165) is 18.4 Å². The number of aryl methyl sites for hydroxylation is 2. The first-order valence-electron chi connectivity index (χ1n) is 4.80. The fourth-order valence-electron chi connectivity index (χ4n) is 1.73. The van der Waals surface area contributed by atoms with Gasteiger partial charge in [-0.05, 0) is 24.0 Å². The zero-order valence-corrected chi connectivity index (χ0v) is 8.09. The van der Waals surface area contributed by atoms with E-state index in [0.29, 0.717) is 0 Å². The van der Waals surface area contributed by atoms with Crippen molar-refractivity contribution in [3.8, 4) is 0 Å². The van der Waals surface area contributed by atoms with E-state index in [1.54, 1.807) is 6.33 Å². The first-order chi connectivity index (χ1) is 6.36. The highest BCUT2D eigenvalue weighted by Crippen LogP contribution is 2.20. The maximum absolute atomic E-state index is 4.34. The van der Waals surface area contributed by atoms with Gasteiger partial charge in [-0.3, -0.25) is 0 Å². The minimum absolute atomic E-state index is 1.05. The highest BCUT2D eigenvalue weighted by atomic mass is 14.9. The summed E-state index contributed by atoms with van der Waals surface area (Å²) in [6.07, 6.45) is 3.89. The molecule has 2 heteroatoms. The molecular weight excluding hydrogens is 160 g/mol. The molecule has 0 fully saturated rings. The Kier molecular flexibility index (Phi) is 2.05. The quantitative estimate of drug-likeness (QED) is 0.745.